The minimum Gasteiger partial charge on any atom is -0.326 e. The van der Waals surface area contributed by atoms with Crippen molar-refractivity contribution in [3.8, 4) is 5.40 Å². The molecule has 0 aromatic heterocycles. The fraction of sp³-hybridized carbons (Fsp3) is 0.111. The highest BCUT2D eigenvalue weighted by atomic mass is 35.5. The number of thiocyanates is 1. The zero-order valence-electron chi connectivity index (χ0n) is 7.37. The van der Waals surface area contributed by atoms with Gasteiger partial charge in [0.15, 0.2) is 0 Å². The predicted octanol–water partition coefficient (Wildman–Crippen LogP) is 2.87. The highest BCUT2D eigenvalue weighted by Crippen LogP contribution is 2.28. The van der Waals surface area contributed by atoms with Gasteiger partial charge in [-0.2, -0.15) is 5.26 Å². The van der Waals surface area contributed by atoms with Gasteiger partial charge in [0.05, 0.1) is 5.02 Å². The summed E-state index contributed by atoms with van der Waals surface area (Å²) in [4.78, 5) is 11.4. The maximum absolute atomic E-state index is 10.7. The molecule has 3 nitrogen and oxygen atoms in total. The number of hydrogen-bond donors (Lipinski definition) is 1. The summed E-state index contributed by atoms with van der Waals surface area (Å²) in [5.74, 6) is -0.151. The summed E-state index contributed by atoms with van der Waals surface area (Å²) in [6.45, 7) is 1.42. The molecule has 0 saturated carbocycles. The molecule has 0 fully saturated rings. The van der Waals surface area contributed by atoms with Gasteiger partial charge in [-0.3, -0.25) is 4.79 Å². The van der Waals surface area contributed by atoms with Crippen LogP contribution in [0.4, 0.5) is 5.69 Å². The van der Waals surface area contributed by atoms with Crippen molar-refractivity contribution in [3.63, 3.8) is 0 Å². The molecule has 1 aromatic carbocycles. The van der Waals surface area contributed by atoms with E-state index in [4.69, 9.17) is 16.9 Å². The largest absolute Gasteiger partial charge is 0.326 e. The Morgan fingerprint density at radius 3 is 2.86 bits per heavy atom. The van der Waals surface area contributed by atoms with Gasteiger partial charge < -0.3 is 5.32 Å². The van der Waals surface area contributed by atoms with Gasteiger partial charge in [-0.25, -0.2) is 0 Å². The van der Waals surface area contributed by atoms with Crippen LogP contribution in [-0.4, -0.2) is 5.91 Å². The van der Waals surface area contributed by atoms with Crippen molar-refractivity contribution in [1.29, 1.82) is 5.26 Å². The molecule has 0 saturated heterocycles. The summed E-state index contributed by atoms with van der Waals surface area (Å²) in [6.07, 6.45) is 0. The van der Waals surface area contributed by atoms with Crippen LogP contribution in [0.15, 0.2) is 23.1 Å². The molecule has 0 unspecified atom stereocenters. The number of hydrogen-bond acceptors (Lipinski definition) is 3. The monoisotopic (exact) mass is 226 g/mol. The third kappa shape index (κ3) is 2.95. The molecular formula is C9H7ClN2OS. The minimum absolute atomic E-state index is 0.151. The van der Waals surface area contributed by atoms with Crippen LogP contribution in [0.3, 0.4) is 0 Å². The third-order valence-corrected chi connectivity index (χ3v) is 2.50. The van der Waals surface area contributed by atoms with E-state index in [0.29, 0.717) is 15.6 Å². The van der Waals surface area contributed by atoms with Crippen molar-refractivity contribution in [2.75, 3.05) is 5.32 Å². The van der Waals surface area contributed by atoms with Crippen LogP contribution < -0.4 is 5.32 Å². The van der Waals surface area contributed by atoms with Gasteiger partial charge in [-0.15, -0.1) is 0 Å². The number of benzene rings is 1. The van der Waals surface area contributed by atoms with Crippen molar-refractivity contribution in [2.24, 2.45) is 0 Å². The average molecular weight is 227 g/mol. The minimum atomic E-state index is -0.151. The Balaban J connectivity index is 2.90. The Labute approximate surface area is 91.1 Å². The van der Waals surface area contributed by atoms with Crippen LogP contribution in [0.2, 0.25) is 5.02 Å². The number of carbonyl (C=O) groups excluding carboxylic acids is 1. The van der Waals surface area contributed by atoms with Crippen LogP contribution in [0.25, 0.3) is 0 Å². The van der Waals surface area contributed by atoms with Crippen LogP contribution in [0.1, 0.15) is 6.92 Å². The molecule has 0 aliphatic heterocycles. The molecule has 14 heavy (non-hydrogen) atoms. The zero-order valence-corrected chi connectivity index (χ0v) is 8.95. The van der Waals surface area contributed by atoms with Gasteiger partial charge in [-0.1, -0.05) is 11.6 Å². The van der Waals surface area contributed by atoms with Crippen molar-refractivity contribution in [1.82, 2.24) is 0 Å². The SMILES string of the molecule is CC(=O)Nc1ccc(SC#N)c(Cl)c1. The maximum Gasteiger partial charge on any atom is 0.221 e. The first kappa shape index (κ1) is 10.9. The fourth-order valence-corrected chi connectivity index (χ4v) is 1.60. The molecule has 1 amide bonds. The molecular weight excluding hydrogens is 220 g/mol. The summed E-state index contributed by atoms with van der Waals surface area (Å²) >= 11 is 6.86. The smallest absolute Gasteiger partial charge is 0.221 e. The normalized spacial score (nSPS) is 9.21. The first-order valence-electron chi connectivity index (χ1n) is 3.76. The van der Waals surface area contributed by atoms with Crippen LogP contribution in [-0.2, 0) is 4.79 Å². The second-order valence-corrected chi connectivity index (χ2v) is 3.75. The van der Waals surface area contributed by atoms with Gasteiger partial charge >= 0.3 is 0 Å². The number of nitrogens with zero attached hydrogens (tertiary/aromatic N) is 1. The van der Waals surface area contributed by atoms with E-state index in [-0.39, 0.29) is 5.91 Å². The fourth-order valence-electron chi connectivity index (χ4n) is 0.914. The maximum atomic E-state index is 10.7. The van der Waals surface area contributed by atoms with E-state index in [1.165, 1.54) is 6.92 Å². The number of nitriles is 1. The van der Waals surface area contributed by atoms with E-state index in [9.17, 15) is 4.79 Å². The van der Waals surface area contributed by atoms with Crippen molar-refractivity contribution in [2.45, 2.75) is 11.8 Å². The number of nitrogens with one attached hydrogen (secondary N) is 1. The number of rotatable bonds is 2. The van der Waals surface area contributed by atoms with E-state index in [1.807, 2.05) is 5.40 Å². The number of carbonyl (C=O) groups is 1. The number of halogens is 1. The quantitative estimate of drug-likeness (QED) is 0.623. The molecule has 0 radical (unpaired) electrons. The lowest BCUT2D eigenvalue weighted by atomic mass is 10.3. The predicted molar refractivity (Wildman–Crippen MR) is 57.2 cm³/mol. The molecule has 1 N–H and O–H groups in total. The molecule has 1 aromatic rings. The van der Waals surface area contributed by atoms with Crippen molar-refractivity contribution >= 4 is 35.0 Å². The standard InChI is InChI=1S/C9H7ClN2OS/c1-6(13)12-7-2-3-9(14-5-11)8(10)4-7/h2-4H,1H3,(H,12,13). The van der Waals surface area contributed by atoms with Gasteiger partial charge in [0.2, 0.25) is 5.91 Å². The topological polar surface area (TPSA) is 52.9 Å². The first-order valence-corrected chi connectivity index (χ1v) is 4.96. The molecule has 0 spiro atoms. The Morgan fingerprint density at radius 1 is 1.64 bits per heavy atom. The number of amides is 1. The molecule has 0 atom stereocenters. The Kier molecular flexibility index (Phi) is 3.81. The van der Waals surface area contributed by atoms with Crippen molar-refractivity contribution in [3.05, 3.63) is 23.2 Å². The van der Waals surface area contributed by atoms with Crippen LogP contribution in [0.5, 0.6) is 0 Å². The lowest BCUT2D eigenvalue weighted by molar-refractivity contribution is -0.114. The summed E-state index contributed by atoms with van der Waals surface area (Å²) in [6, 6.07) is 5.01. The first-order chi connectivity index (χ1) is 6.63. The zero-order chi connectivity index (χ0) is 10.6. The van der Waals surface area contributed by atoms with Gasteiger partial charge in [-0.05, 0) is 30.0 Å². The second-order valence-electron chi connectivity index (χ2n) is 2.52. The third-order valence-electron chi connectivity index (χ3n) is 1.41. The Morgan fingerprint density at radius 2 is 2.36 bits per heavy atom. The summed E-state index contributed by atoms with van der Waals surface area (Å²) in [5.41, 5.74) is 0.629. The van der Waals surface area contributed by atoms with Gasteiger partial charge in [0, 0.05) is 17.5 Å². The molecule has 0 heterocycles. The number of thioether (sulfide) groups is 1. The van der Waals surface area contributed by atoms with Gasteiger partial charge in [0.25, 0.3) is 0 Å². The Bertz CT molecular complexity index is 400. The van der Waals surface area contributed by atoms with Crippen molar-refractivity contribution < 1.29 is 4.79 Å². The highest BCUT2D eigenvalue weighted by molar-refractivity contribution is 8.03. The van der Waals surface area contributed by atoms with Crippen LogP contribution >= 0.6 is 23.4 Å². The summed E-state index contributed by atoms with van der Waals surface area (Å²) in [5, 5.41) is 13.4. The van der Waals surface area contributed by atoms with E-state index in [2.05, 4.69) is 5.32 Å². The summed E-state index contributed by atoms with van der Waals surface area (Å²) < 4.78 is 0. The molecule has 5 heteroatoms. The molecule has 0 bridgehead atoms. The molecule has 1 rings (SSSR count). The Hall–Kier alpha value is -1.18. The summed E-state index contributed by atoms with van der Waals surface area (Å²) in [7, 11) is 0. The van der Waals surface area contributed by atoms with E-state index < -0.39 is 0 Å². The van der Waals surface area contributed by atoms with Crippen LogP contribution in [0, 0.1) is 10.7 Å². The molecule has 0 aliphatic rings. The lowest BCUT2D eigenvalue weighted by Gasteiger charge is -2.03. The van der Waals surface area contributed by atoms with E-state index >= 15 is 0 Å². The second kappa shape index (κ2) is 4.89. The van der Waals surface area contributed by atoms with Gasteiger partial charge in [0.1, 0.15) is 5.40 Å². The molecule has 72 valence electrons. The van der Waals surface area contributed by atoms with E-state index in [1.54, 1.807) is 18.2 Å². The highest BCUT2D eigenvalue weighted by Gasteiger charge is 2.02. The number of anilines is 1. The average Bonchev–Trinajstić information content (AvgIpc) is 2.09. The van der Waals surface area contributed by atoms with E-state index in [0.717, 1.165) is 11.8 Å². The molecule has 0 aliphatic carbocycles. The lowest BCUT2D eigenvalue weighted by Crippen LogP contribution is -2.05.